The molecular formula is C11H10N6. The van der Waals surface area contributed by atoms with Gasteiger partial charge in [0.25, 0.3) is 0 Å². The van der Waals surface area contributed by atoms with Crippen LogP contribution in [-0.4, -0.2) is 20.2 Å². The SMILES string of the molecule is Nc1cc(-c2ccc3nc(N)cnc3c2)[nH]n1. The van der Waals surface area contributed by atoms with Crippen LogP contribution >= 0.6 is 0 Å². The fraction of sp³-hybridized carbons (Fsp3) is 0. The minimum absolute atomic E-state index is 0.413. The maximum atomic E-state index is 5.57. The van der Waals surface area contributed by atoms with Gasteiger partial charge in [-0.3, -0.25) is 10.1 Å². The van der Waals surface area contributed by atoms with E-state index in [0.717, 1.165) is 22.3 Å². The van der Waals surface area contributed by atoms with Crippen molar-refractivity contribution in [3.05, 3.63) is 30.5 Å². The largest absolute Gasteiger partial charge is 0.382 e. The van der Waals surface area contributed by atoms with Crippen molar-refractivity contribution in [1.29, 1.82) is 0 Å². The quantitative estimate of drug-likeness (QED) is 0.577. The van der Waals surface area contributed by atoms with E-state index in [1.165, 1.54) is 6.20 Å². The lowest BCUT2D eigenvalue weighted by atomic mass is 10.1. The molecule has 0 amide bonds. The van der Waals surface area contributed by atoms with Crippen molar-refractivity contribution < 1.29 is 0 Å². The van der Waals surface area contributed by atoms with Gasteiger partial charge >= 0.3 is 0 Å². The predicted molar refractivity (Wildman–Crippen MR) is 65.9 cm³/mol. The molecule has 84 valence electrons. The lowest BCUT2D eigenvalue weighted by molar-refractivity contribution is 1.10. The van der Waals surface area contributed by atoms with Gasteiger partial charge in [-0.05, 0) is 12.1 Å². The van der Waals surface area contributed by atoms with E-state index in [-0.39, 0.29) is 0 Å². The smallest absolute Gasteiger partial charge is 0.145 e. The molecule has 0 aliphatic heterocycles. The van der Waals surface area contributed by atoms with Crippen LogP contribution in [-0.2, 0) is 0 Å². The van der Waals surface area contributed by atoms with Gasteiger partial charge < -0.3 is 11.5 Å². The average molecular weight is 226 g/mol. The Kier molecular flexibility index (Phi) is 1.94. The van der Waals surface area contributed by atoms with E-state index in [1.54, 1.807) is 6.07 Å². The molecule has 3 rings (SSSR count). The summed E-state index contributed by atoms with van der Waals surface area (Å²) in [6, 6.07) is 7.47. The molecule has 0 saturated carbocycles. The molecule has 0 radical (unpaired) electrons. The minimum Gasteiger partial charge on any atom is -0.382 e. The van der Waals surface area contributed by atoms with E-state index in [0.29, 0.717) is 11.6 Å². The van der Waals surface area contributed by atoms with Crippen LogP contribution in [0.15, 0.2) is 30.5 Å². The van der Waals surface area contributed by atoms with Gasteiger partial charge in [0.05, 0.1) is 22.9 Å². The number of nitrogen functional groups attached to an aromatic ring is 2. The first-order valence-electron chi connectivity index (χ1n) is 5.06. The van der Waals surface area contributed by atoms with E-state index >= 15 is 0 Å². The molecule has 6 heteroatoms. The van der Waals surface area contributed by atoms with E-state index in [2.05, 4.69) is 20.2 Å². The van der Waals surface area contributed by atoms with E-state index in [4.69, 9.17) is 11.5 Å². The van der Waals surface area contributed by atoms with Crippen molar-refractivity contribution in [3.8, 4) is 11.3 Å². The second-order valence-electron chi connectivity index (χ2n) is 3.70. The zero-order chi connectivity index (χ0) is 11.8. The maximum Gasteiger partial charge on any atom is 0.145 e. The Labute approximate surface area is 96.7 Å². The maximum absolute atomic E-state index is 5.57. The van der Waals surface area contributed by atoms with Crippen molar-refractivity contribution in [2.45, 2.75) is 0 Å². The first-order chi connectivity index (χ1) is 8.22. The molecule has 2 aromatic heterocycles. The highest BCUT2D eigenvalue weighted by Gasteiger charge is 2.04. The molecule has 3 aromatic rings. The number of fused-ring (bicyclic) bond motifs is 1. The summed E-state index contributed by atoms with van der Waals surface area (Å²) >= 11 is 0. The Balaban J connectivity index is 2.16. The van der Waals surface area contributed by atoms with Gasteiger partial charge in [-0.15, -0.1) is 0 Å². The lowest BCUT2D eigenvalue weighted by Gasteiger charge is -2.01. The number of benzene rings is 1. The summed E-state index contributed by atoms with van der Waals surface area (Å²) in [6.07, 6.45) is 1.54. The number of nitrogens with two attached hydrogens (primary N) is 2. The first-order valence-corrected chi connectivity index (χ1v) is 5.06. The number of aromatic amines is 1. The third-order valence-corrected chi connectivity index (χ3v) is 2.47. The summed E-state index contributed by atoms with van der Waals surface area (Å²) < 4.78 is 0. The van der Waals surface area contributed by atoms with Crippen molar-refractivity contribution in [2.24, 2.45) is 0 Å². The normalized spacial score (nSPS) is 10.8. The number of nitrogens with one attached hydrogen (secondary N) is 1. The second-order valence-corrected chi connectivity index (χ2v) is 3.70. The summed E-state index contributed by atoms with van der Waals surface area (Å²) in [7, 11) is 0. The Morgan fingerprint density at radius 2 is 1.88 bits per heavy atom. The van der Waals surface area contributed by atoms with Gasteiger partial charge in [-0.25, -0.2) is 4.98 Å². The Morgan fingerprint density at radius 3 is 2.65 bits per heavy atom. The lowest BCUT2D eigenvalue weighted by Crippen LogP contribution is -1.92. The molecule has 17 heavy (non-hydrogen) atoms. The highest BCUT2D eigenvalue weighted by Crippen LogP contribution is 2.22. The van der Waals surface area contributed by atoms with Crippen LogP contribution in [0.25, 0.3) is 22.3 Å². The number of aromatic nitrogens is 4. The third kappa shape index (κ3) is 1.65. The summed E-state index contributed by atoms with van der Waals surface area (Å²) in [6.45, 7) is 0. The minimum atomic E-state index is 0.413. The average Bonchev–Trinajstić information content (AvgIpc) is 2.75. The molecule has 0 spiro atoms. The molecule has 0 atom stereocenters. The standard InChI is InChI=1S/C11H10N6/c12-10-4-8(16-17-10)6-1-2-7-9(3-6)14-5-11(13)15-7/h1-5H,(H2,13,15)(H3,12,16,17). The van der Waals surface area contributed by atoms with E-state index < -0.39 is 0 Å². The molecular weight excluding hydrogens is 216 g/mol. The van der Waals surface area contributed by atoms with E-state index in [1.807, 2.05) is 18.2 Å². The van der Waals surface area contributed by atoms with Crippen LogP contribution in [0, 0.1) is 0 Å². The number of rotatable bonds is 1. The molecule has 0 aliphatic rings. The summed E-state index contributed by atoms with van der Waals surface area (Å²) in [5.74, 6) is 0.875. The fourth-order valence-electron chi connectivity index (χ4n) is 1.68. The zero-order valence-corrected chi connectivity index (χ0v) is 8.88. The molecule has 1 aromatic carbocycles. The Bertz CT molecular complexity index is 687. The molecule has 6 nitrogen and oxygen atoms in total. The zero-order valence-electron chi connectivity index (χ0n) is 8.88. The molecule has 0 aliphatic carbocycles. The van der Waals surface area contributed by atoms with Crippen molar-refractivity contribution in [2.75, 3.05) is 11.5 Å². The van der Waals surface area contributed by atoms with Crippen molar-refractivity contribution >= 4 is 22.7 Å². The van der Waals surface area contributed by atoms with Gasteiger partial charge in [-0.1, -0.05) is 6.07 Å². The van der Waals surface area contributed by atoms with Crippen LogP contribution in [0.1, 0.15) is 0 Å². The third-order valence-electron chi connectivity index (χ3n) is 2.47. The van der Waals surface area contributed by atoms with Gasteiger partial charge in [0.15, 0.2) is 0 Å². The molecule has 0 unspecified atom stereocenters. The van der Waals surface area contributed by atoms with Crippen LogP contribution in [0.3, 0.4) is 0 Å². The van der Waals surface area contributed by atoms with Gasteiger partial charge in [0, 0.05) is 11.6 Å². The van der Waals surface area contributed by atoms with Crippen molar-refractivity contribution in [3.63, 3.8) is 0 Å². The Morgan fingerprint density at radius 1 is 1.00 bits per heavy atom. The number of hydrogen-bond donors (Lipinski definition) is 3. The predicted octanol–water partition coefficient (Wildman–Crippen LogP) is 1.18. The van der Waals surface area contributed by atoms with Crippen LogP contribution in [0.2, 0.25) is 0 Å². The number of hydrogen-bond acceptors (Lipinski definition) is 5. The number of anilines is 2. The molecule has 0 bridgehead atoms. The fourth-order valence-corrected chi connectivity index (χ4v) is 1.68. The van der Waals surface area contributed by atoms with Crippen LogP contribution in [0.4, 0.5) is 11.6 Å². The van der Waals surface area contributed by atoms with Crippen molar-refractivity contribution in [1.82, 2.24) is 20.2 Å². The monoisotopic (exact) mass is 226 g/mol. The topological polar surface area (TPSA) is 106 Å². The number of H-pyrrole nitrogens is 1. The molecule has 0 saturated heterocycles. The van der Waals surface area contributed by atoms with Gasteiger partial charge in [-0.2, -0.15) is 5.10 Å². The summed E-state index contributed by atoms with van der Waals surface area (Å²) in [5, 5.41) is 6.73. The summed E-state index contributed by atoms with van der Waals surface area (Å²) in [4.78, 5) is 8.40. The van der Waals surface area contributed by atoms with Gasteiger partial charge in [0.2, 0.25) is 0 Å². The molecule has 2 heterocycles. The van der Waals surface area contributed by atoms with Crippen LogP contribution < -0.4 is 11.5 Å². The van der Waals surface area contributed by atoms with Gasteiger partial charge in [0.1, 0.15) is 11.6 Å². The highest BCUT2D eigenvalue weighted by atomic mass is 15.2. The Hall–Kier alpha value is -2.63. The molecule has 5 N–H and O–H groups in total. The van der Waals surface area contributed by atoms with Crippen LogP contribution in [0.5, 0.6) is 0 Å². The number of nitrogens with zero attached hydrogens (tertiary/aromatic N) is 3. The second kappa shape index (κ2) is 3.44. The highest BCUT2D eigenvalue weighted by molar-refractivity contribution is 5.81. The molecule has 0 fully saturated rings. The van der Waals surface area contributed by atoms with E-state index in [9.17, 15) is 0 Å². The summed E-state index contributed by atoms with van der Waals surface area (Å²) in [5.41, 5.74) is 14.5. The first kappa shape index (κ1) is 9.59.